The first-order valence-electron chi connectivity index (χ1n) is 11.6. The Balaban J connectivity index is 1.37. The van der Waals surface area contributed by atoms with Crippen LogP contribution in [0.2, 0.25) is 0 Å². The van der Waals surface area contributed by atoms with Crippen LogP contribution < -0.4 is 20.7 Å². The van der Waals surface area contributed by atoms with Gasteiger partial charge in [0.25, 0.3) is 5.91 Å². The molecule has 7 heteroatoms. The summed E-state index contributed by atoms with van der Waals surface area (Å²) in [5.74, 6) is 0.739. The van der Waals surface area contributed by atoms with Crippen LogP contribution in [-0.2, 0) is 19.6 Å². The van der Waals surface area contributed by atoms with Crippen LogP contribution in [0, 0.1) is 0 Å². The molecule has 0 unspecified atom stereocenters. The Morgan fingerprint density at radius 3 is 2.46 bits per heavy atom. The van der Waals surface area contributed by atoms with Crippen molar-refractivity contribution in [3.63, 3.8) is 0 Å². The van der Waals surface area contributed by atoms with Gasteiger partial charge in [-0.05, 0) is 60.0 Å². The maximum Gasteiger partial charge on any atom is 0.251 e. The summed E-state index contributed by atoms with van der Waals surface area (Å²) in [7, 11) is 1.66. The van der Waals surface area contributed by atoms with Gasteiger partial charge in [0.05, 0.1) is 12.8 Å². The van der Waals surface area contributed by atoms with Crippen molar-refractivity contribution in [2.45, 2.75) is 26.6 Å². The van der Waals surface area contributed by atoms with Crippen molar-refractivity contribution < 1.29 is 9.53 Å². The minimum absolute atomic E-state index is 0.0916. The second-order valence-corrected chi connectivity index (χ2v) is 9.00. The summed E-state index contributed by atoms with van der Waals surface area (Å²) in [6.07, 6.45) is 0. The predicted molar refractivity (Wildman–Crippen MR) is 143 cm³/mol. The predicted octanol–water partition coefficient (Wildman–Crippen LogP) is 5.23. The normalized spacial score (nSPS) is 10.7. The molecule has 0 saturated heterocycles. The summed E-state index contributed by atoms with van der Waals surface area (Å²) >= 11 is 1.63. The minimum Gasteiger partial charge on any atom is -0.497 e. The van der Waals surface area contributed by atoms with E-state index in [1.54, 1.807) is 18.4 Å². The number of rotatable bonds is 10. The number of carbonyl (C=O) groups is 1. The summed E-state index contributed by atoms with van der Waals surface area (Å²) in [4.78, 5) is 19.7. The summed E-state index contributed by atoms with van der Waals surface area (Å²) in [6, 6.07) is 23.6. The van der Waals surface area contributed by atoms with Gasteiger partial charge in [-0.15, -0.1) is 11.3 Å². The van der Waals surface area contributed by atoms with Crippen LogP contribution in [-0.4, -0.2) is 24.5 Å². The molecule has 0 aliphatic heterocycles. The number of thiazole rings is 1. The van der Waals surface area contributed by atoms with E-state index in [2.05, 4.69) is 22.5 Å². The highest BCUT2D eigenvalue weighted by molar-refractivity contribution is 7.14. The molecule has 4 aromatic rings. The van der Waals surface area contributed by atoms with E-state index < -0.39 is 0 Å². The molecule has 0 saturated carbocycles. The van der Waals surface area contributed by atoms with Crippen LogP contribution in [0.3, 0.4) is 0 Å². The van der Waals surface area contributed by atoms with E-state index in [0.717, 1.165) is 51.9 Å². The van der Waals surface area contributed by atoms with E-state index in [-0.39, 0.29) is 5.91 Å². The molecule has 0 radical (unpaired) electrons. The van der Waals surface area contributed by atoms with Crippen LogP contribution in [0.25, 0.3) is 11.3 Å². The van der Waals surface area contributed by atoms with E-state index >= 15 is 0 Å². The number of anilines is 1. The molecule has 35 heavy (non-hydrogen) atoms. The number of nitrogens with zero attached hydrogens (tertiary/aromatic N) is 2. The number of hydrogen-bond acceptors (Lipinski definition) is 6. The van der Waals surface area contributed by atoms with Gasteiger partial charge in [-0.1, -0.05) is 36.4 Å². The van der Waals surface area contributed by atoms with Gasteiger partial charge in [0, 0.05) is 42.7 Å². The number of methoxy groups -OCH3 is 1. The highest BCUT2D eigenvalue weighted by atomic mass is 32.1. The Hall–Kier alpha value is -3.68. The van der Waals surface area contributed by atoms with Crippen molar-refractivity contribution in [3.05, 3.63) is 100 Å². The number of hydrogen-bond donors (Lipinski definition) is 2. The molecule has 3 N–H and O–H groups in total. The lowest BCUT2D eigenvalue weighted by Gasteiger charge is -2.20. The van der Waals surface area contributed by atoms with Crippen molar-refractivity contribution >= 4 is 22.4 Å². The summed E-state index contributed by atoms with van der Waals surface area (Å²) in [5.41, 5.74) is 11.6. The quantitative estimate of drug-likeness (QED) is 0.321. The van der Waals surface area contributed by atoms with Crippen molar-refractivity contribution in [3.8, 4) is 17.0 Å². The fourth-order valence-corrected chi connectivity index (χ4v) is 4.65. The van der Waals surface area contributed by atoms with Gasteiger partial charge in [0.15, 0.2) is 5.13 Å². The molecule has 0 spiro atoms. The molecule has 0 atom stereocenters. The number of carbonyl (C=O) groups excluding carboxylic acids is 1. The average molecular weight is 487 g/mol. The molecule has 0 aliphatic rings. The van der Waals surface area contributed by atoms with Crippen LogP contribution in [0.1, 0.15) is 34.0 Å². The van der Waals surface area contributed by atoms with Crippen molar-refractivity contribution in [2.24, 2.45) is 5.73 Å². The summed E-state index contributed by atoms with van der Waals surface area (Å²) in [5, 5.41) is 6.03. The first-order chi connectivity index (χ1) is 17.1. The lowest BCUT2D eigenvalue weighted by Crippen LogP contribution is -2.23. The number of aromatic nitrogens is 1. The van der Waals surface area contributed by atoms with Crippen LogP contribution in [0.15, 0.2) is 78.2 Å². The smallest absolute Gasteiger partial charge is 0.251 e. The standard InChI is InChI=1S/C28H30N4O2S/c1-3-32(28-31-26(19-35-28)23-11-13-25(34-2)14-12-23)18-20-7-9-24(10-8-20)27(33)30-17-22-6-4-5-21(15-22)16-29/h4-15,19H,3,16-18,29H2,1-2H3,(H,30,33). The van der Waals surface area contributed by atoms with Gasteiger partial charge in [0.1, 0.15) is 5.75 Å². The lowest BCUT2D eigenvalue weighted by molar-refractivity contribution is 0.0951. The minimum atomic E-state index is -0.0916. The number of amides is 1. The van der Waals surface area contributed by atoms with E-state index in [4.69, 9.17) is 15.5 Å². The SMILES string of the molecule is CCN(Cc1ccc(C(=O)NCc2cccc(CN)c2)cc1)c1nc(-c2ccc(OC)cc2)cs1. The Kier molecular flexibility index (Phi) is 8.13. The van der Waals surface area contributed by atoms with E-state index in [1.165, 1.54) is 0 Å². The van der Waals surface area contributed by atoms with Crippen molar-refractivity contribution in [1.82, 2.24) is 10.3 Å². The highest BCUT2D eigenvalue weighted by Crippen LogP contribution is 2.29. The van der Waals surface area contributed by atoms with Crippen molar-refractivity contribution in [1.29, 1.82) is 0 Å². The Bertz CT molecular complexity index is 1250. The molecule has 1 aromatic heterocycles. The molecule has 0 fully saturated rings. The lowest BCUT2D eigenvalue weighted by atomic mass is 10.1. The van der Waals surface area contributed by atoms with Gasteiger partial charge >= 0.3 is 0 Å². The third kappa shape index (κ3) is 6.26. The van der Waals surface area contributed by atoms with Gasteiger partial charge in [-0.2, -0.15) is 0 Å². The van der Waals surface area contributed by atoms with Crippen LogP contribution >= 0.6 is 11.3 Å². The number of nitrogens with two attached hydrogens (primary N) is 1. The molecule has 1 heterocycles. The number of nitrogens with one attached hydrogen (secondary N) is 1. The van der Waals surface area contributed by atoms with E-state index in [0.29, 0.717) is 18.7 Å². The van der Waals surface area contributed by atoms with Gasteiger partial charge in [0.2, 0.25) is 0 Å². The second kappa shape index (κ2) is 11.6. The molecule has 180 valence electrons. The zero-order chi connectivity index (χ0) is 24.6. The fraction of sp³-hybridized carbons (Fsp3) is 0.214. The first-order valence-corrected chi connectivity index (χ1v) is 12.5. The molecule has 0 aliphatic carbocycles. The van der Waals surface area contributed by atoms with E-state index in [9.17, 15) is 4.79 Å². The summed E-state index contributed by atoms with van der Waals surface area (Å²) in [6.45, 7) is 4.63. The third-order valence-corrected chi connectivity index (χ3v) is 6.70. The van der Waals surface area contributed by atoms with Gasteiger partial charge in [-0.3, -0.25) is 4.79 Å². The first kappa shape index (κ1) is 24.4. The largest absolute Gasteiger partial charge is 0.497 e. The van der Waals surface area contributed by atoms with Crippen LogP contribution in [0.5, 0.6) is 5.75 Å². The Morgan fingerprint density at radius 2 is 1.77 bits per heavy atom. The molecule has 0 bridgehead atoms. The molecule has 4 rings (SSSR count). The van der Waals surface area contributed by atoms with Gasteiger partial charge in [-0.25, -0.2) is 4.98 Å². The highest BCUT2D eigenvalue weighted by Gasteiger charge is 2.13. The second-order valence-electron chi connectivity index (χ2n) is 8.16. The topological polar surface area (TPSA) is 80.5 Å². The molecular weight excluding hydrogens is 456 g/mol. The van der Waals surface area contributed by atoms with Crippen molar-refractivity contribution in [2.75, 3.05) is 18.6 Å². The average Bonchev–Trinajstić information content (AvgIpc) is 3.41. The number of benzene rings is 3. The Morgan fingerprint density at radius 1 is 1.03 bits per heavy atom. The maximum atomic E-state index is 12.6. The molecule has 6 nitrogen and oxygen atoms in total. The number of ether oxygens (including phenoxy) is 1. The van der Waals surface area contributed by atoms with E-state index in [1.807, 2.05) is 72.8 Å². The molecule has 3 aromatic carbocycles. The zero-order valence-corrected chi connectivity index (χ0v) is 20.8. The zero-order valence-electron chi connectivity index (χ0n) is 20.0. The summed E-state index contributed by atoms with van der Waals surface area (Å²) < 4.78 is 5.24. The Labute approximate surface area is 210 Å². The van der Waals surface area contributed by atoms with Crippen LogP contribution in [0.4, 0.5) is 5.13 Å². The molecular formula is C28H30N4O2S. The monoisotopic (exact) mass is 486 g/mol. The fourth-order valence-electron chi connectivity index (χ4n) is 3.75. The third-order valence-electron chi connectivity index (χ3n) is 5.80. The maximum absolute atomic E-state index is 12.6. The molecule has 1 amide bonds. The van der Waals surface area contributed by atoms with Gasteiger partial charge < -0.3 is 20.7 Å².